The fraction of sp³-hybridized carbons (Fsp3) is 0.200. The van der Waals surface area contributed by atoms with E-state index in [1.54, 1.807) is 18.3 Å². The predicted molar refractivity (Wildman–Crippen MR) is 104 cm³/mol. The van der Waals surface area contributed by atoms with E-state index in [-0.39, 0.29) is 11.9 Å². The lowest BCUT2D eigenvalue weighted by Crippen LogP contribution is -2.31. The van der Waals surface area contributed by atoms with Crippen molar-refractivity contribution in [2.45, 2.75) is 25.3 Å². The van der Waals surface area contributed by atoms with Crippen LogP contribution in [-0.4, -0.2) is 40.9 Å². The zero-order valence-corrected chi connectivity index (χ0v) is 16.1. The van der Waals surface area contributed by atoms with Crippen molar-refractivity contribution >= 4 is 5.91 Å². The summed E-state index contributed by atoms with van der Waals surface area (Å²) in [5, 5.41) is 18.3. The SMILES string of the molecule is O=C(N[C@H]1CCCc2c1cnn2-c1cc(F)cc(F)c1)c1ccnc(-n2cnnn2)c1. The Bertz CT molecular complexity index is 1230. The summed E-state index contributed by atoms with van der Waals surface area (Å²) in [6, 6.07) is 6.21. The normalized spacial score (nSPS) is 15.5. The molecule has 3 heterocycles. The minimum Gasteiger partial charge on any atom is -0.345 e. The van der Waals surface area contributed by atoms with Gasteiger partial charge in [-0.3, -0.25) is 4.79 Å². The molecular formula is C20H16F2N8O. The van der Waals surface area contributed by atoms with Crippen LogP contribution in [0.4, 0.5) is 8.78 Å². The van der Waals surface area contributed by atoms with Crippen LogP contribution in [0, 0.1) is 11.6 Å². The Morgan fingerprint density at radius 3 is 2.77 bits per heavy atom. The highest BCUT2D eigenvalue weighted by atomic mass is 19.1. The number of nitrogens with one attached hydrogen (secondary N) is 1. The summed E-state index contributed by atoms with van der Waals surface area (Å²) in [6.07, 6.45) is 6.76. The van der Waals surface area contributed by atoms with Crippen molar-refractivity contribution < 1.29 is 13.6 Å². The number of fused-ring (bicyclic) bond motifs is 1. The van der Waals surface area contributed by atoms with E-state index in [9.17, 15) is 13.6 Å². The average molecular weight is 422 g/mol. The number of benzene rings is 1. The lowest BCUT2D eigenvalue weighted by atomic mass is 9.92. The van der Waals surface area contributed by atoms with Crippen LogP contribution < -0.4 is 5.32 Å². The van der Waals surface area contributed by atoms with Crippen molar-refractivity contribution in [3.63, 3.8) is 0 Å². The van der Waals surface area contributed by atoms with Crippen molar-refractivity contribution in [2.75, 3.05) is 0 Å². The van der Waals surface area contributed by atoms with Gasteiger partial charge in [-0.05, 0) is 54.0 Å². The summed E-state index contributed by atoms with van der Waals surface area (Å²) >= 11 is 0. The first-order valence-corrected chi connectivity index (χ1v) is 9.62. The summed E-state index contributed by atoms with van der Waals surface area (Å²) in [4.78, 5) is 17.0. The second-order valence-electron chi connectivity index (χ2n) is 7.16. The van der Waals surface area contributed by atoms with Crippen molar-refractivity contribution in [1.82, 2.24) is 40.3 Å². The van der Waals surface area contributed by atoms with Gasteiger partial charge in [-0.25, -0.2) is 18.4 Å². The van der Waals surface area contributed by atoms with E-state index in [4.69, 9.17) is 0 Å². The fourth-order valence-electron chi connectivity index (χ4n) is 3.78. The Labute approximate surface area is 174 Å². The number of hydrogen-bond donors (Lipinski definition) is 1. The first-order chi connectivity index (χ1) is 15.1. The number of carbonyl (C=O) groups is 1. The molecule has 4 aromatic rings. The minimum atomic E-state index is -0.670. The van der Waals surface area contributed by atoms with E-state index < -0.39 is 11.6 Å². The Hall–Kier alpha value is -4.02. The summed E-state index contributed by atoms with van der Waals surface area (Å²) < 4.78 is 30.2. The van der Waals surface area contributed by atoms with E-state index in [0.717, 1.165) is 30.2 Å². The quantitative estimate of drug-likeness (QED) is 0.541. The zero-order chi connectivity index (χ0) is 21.4. The van der Waals surface area contributed by atoms with Gasteiger partial charge in [-0.1, -0.05) is 0 Å². The molecule has 0 saturated carbocycles. The monoisotopic (exact) mass is 422 g/mol. The summed E-state index contributed by atoms with van der Waals surface area (Å²) in [6.45, 7) is 0. The Morgan fingerprint density at radius 1 is 1.16 bits per heavy atom. The van der Waals surface area contributed by atoms with Crippen molar-refractivity contribution in [1.29, 1.82) is 0 Å². The number of amides is 1. The third-order valence-electron chi connectivity index (χ3n) is 5.17. The number of nitrogens with zero attached hydrogens (tertiary/aromatic N) is 7. The topological polar surface area (TPSA) is 103 Å². The molecule has 9 nitrogen and oxygen atoms in total. The molecule has 0 spiro atoms. The fourth-order valence-corrected chi connectivity index (χ4v) is 3.78. The van der Waals surface area contributed by atoms with E-state index in [0.29, 0.717) is 23.5 Å². The molecule has 1 N–H and O–H groups in total. The molecule has 3 aromatic heterocycles. The predicted octanol–water partition coefficient (Wildman–Crippen LogP) is 2.33. The molecule has 0 saturated heterocycles. The maximum absolute atomic E-state index is 13.7. The van der Waals surface area contributed by atoms with E-state index in [2.05, 4.69) is 30.9 Å². The van der Waals surface area contributed by atoms with Gasteiger partial charge in [-0.2, -0.15) is 9.78 Å². The van der Waals surface area contributed by atoms with E-state index in [1.165, 1.54) is 34.0 Å². The Morgan fingerprint density at radius 2 is 2.00 bits per heavy atom. The van der Waals surface area contributed by atoms with Crippen LogP contribution >= 0.6 is 0 Å². The van der Waals surface area contributed by atoms with E-state index in [1.807, 2.05) is 0 Å². The number of halogens is 2. The molecule has 1 aromatic carbocycles. The summed E-state index contributed by atoms with van der Waals surface area (Å²) in [5.74, 6) is -1.20. The van der Waals surface area contributed by atoms with Gasteiger partial charge in [0, 0.05) is 29.1 Å². The molecule has 1 aliphatic rings. The molecule has 0 bridgehead atoms. The van der Waals surface area contributed by atoms with Gasteiger partial charge in [0.25, 0.3) is 5.91 Å². The lowest BCUT2D eigenvalue weighted by molar-refractivity contribution is 0.0932. The van der Waals surface area contributed by atoms with Crippen molar-refractivity contribution in [2.24, 2.45) is 0 Å². The Kier molecular flexibility index (Phi) is 4.69. The van der Waals surface area contributed by atoms with Gasteiger partial charge in [-0.15, -0.1) is 5.10 Å². The number of carbonyl (C=O) groups excluding carboxylic acids is 1. The van der Waals surface area contributed by atoms with Crippen LogP contribution in [0.1, 0.15) is 40.5 Å². The molecule has 0 unspecified atom stereocenters. The van der Waals surface area contributed by atoms with Gasteiger partial charge >= 0.3 is 0 Å². The standard InChI is InChI=1S/C20H16F2N8O/c21-13-7-14(22)9-15(8-13)30-18-3-1-2-17(16(18)10-25-30)26-20(31)12-4-5-23-19(6-12)29-11-24-27-28-29/h4-11,17H,1-3H2,(H,26,31)/t17-/m0/s1. The molecule has 1 aliphatic carbocycles. The first-order valence-electron chi connectivity index (χ1n) is 9.62. The lowest BCUT2D eigenvalue weighted by Gasteiger charge is -2.24. The number of tetrazole rings is 1. The van der Waals surface area contributed by atoms with Crippen LogP contribution in [0.2, 0.25) is 0 Å². The van der Waals surface area contributed by atoms with Crippen LogP contribution in [0.25, 0.3) is 11.5 Å². The van der Waals surface area contributed by atoms with Crippen LogP contribution in [0.5, 0.6) is 0 Å². The van der Waals surface area contributed by atoms with Gasteiger partial charge < -0.3 is 5.32 Å². The van der Waals surface area contributed by atoms with Crippen molar-refractivity contribution in [3.05, 3.63) is 77.5 Å². The van der Waals surface area contributed by atoms with Gasteiger partial charge in [0.05, 0.1) is 17.9 Å². The highest BCUT2D eigenvalue weighted by Crippen LogP contribution is 2.31. The molecule has 5 rings (SSSR count). The summed E-state index contributed by atoms with van der Waals surface area (Å²) in [5.41, 5.74) is 2.38. The van der Waals surface area contributed by atoms with Crippen LogP contribution in [0.15, 0.2) is 49.1 Å². The second kappa shape index (κ2) is 7.67. The molecular weight excluding hydrogens is 406 g/mol. The highest BCUT2D eigenvalue weighted by Gasteiger charge is 2.27. The Balaban J connectivity index is 1.41. The van der Waals surface area contributed by atoms with Gasteiger partial charge in [0.2, 0.25) is 0 Å². The molecule has 0 radical (unpaired) electrons. The zero-order valence-electron chi connectivity index (χ0n) is 16.1. The molecule has 11 heteroatoms. The van der Waals surface area contributed by atoms with Gasteiger partial charge in [0.15, 0.2) is 5.82 Å². The van der Waals surface area contributed by atoms with E-state index >= 15 is 0 Å². The van der Waals surface area contributed by atoms with Gasteiger partial charge in [0.1, 0.15) is 18.0 Å². The average Bonchev–Trinajstić information content (AvgIpc) is 3.44. The van der Waals surface area contributed by atoms with Crippen LogP contribution in [0.3, 0.4) is 0 Å². The molecule has 156 valence electrons. The molecule has 1 atom stereocenters. The maximum atomic E-state index is 13.7. The first kappa shape index (κ1) is 19.0. The number of rotatable bonds is 4. The van der Waals surface area contributed by atoms with Crippen molar-refractivity contribution in [3.8, 4) is 11.5 Å². The molecule has 1 amide bonds. The number of pyridine rings is 1. The smallest absolute Gasteiger partial charge is 0.251 e. The third kappa shape index (κ3) is 3.65. The minimum absolute atomic E-state index is 0.270. The highest BCUT2D eigenvalue weighted by molar-refractivity contribution is 5.94. The third-order valence-corrected chi connectivity index (χ3v) is 5.17. The second-order valence-corrected chi connectivity index (χ2v) is 7.16. The number of aromatic nitrogens is 7. The largest absolute Gasteiger partial charge is 0.345 e. The molecule has 31 heavy (non-hydrogen) atoms. The molecule has 0 fully saturated rings. The van der Waals surface area contributed by atoms with Crippen LogP contribution in [-0.2, 0) is 6.42 Å². The maximum Gasteiger partial charge on any atom is 0.251 e. The number of hydrogen-bond acceptors (Lipinski definition) is 6. The summed E-state index contributed by atoms with van der Waals surface area (Å²) in [7, 11) is 0. The molecule has 0 aliphatic heterocycles.